The highest BCUT2D eigenvalue weighted by molar-refractivity contribution is 5.48. The van der Waals surface area contributed by atoms with Gasteiger partial charge in [-0.05, 0) is 38.8 Å². The molecule has 1 aliphatic carbocycles. The SMILES string of the molecule is CN1CCCN(c2cncc(OCC3CC3)c2)CC1. The van der Waals surface area contributed by atoms with Crippen LogP contribution in [0.25, 0.3) is 0 Å². The molecule has 2 aliphatic rings. The summed E-state index contributed by atoms with van der Waals surface area (Å²) in [4.78, 5) is 9.13. The van der Waals surface area contributed by atoms with Gasteiger partial charge in [-0.3, -0.25) is 4.98 Å². The molecule has 2 fully saturated rings. The van der Waals surface area contributed by atoms with Crippen LogP contribution in [-0.2, 0) is 0 Å². The van der Waals surface area contributed by atoms with E-state index in [0.717, 1.165) is 37.9 Å². The van der Waals surface area contributed by atoms with Crippen molar-refractivity contribution in [1.82, 2.24) is 9.88 Å². The van der Waals surface area contributed by atoms with Crippen molar-refractivity contribution >= 4 is 5.69 Å². The normalized spacial score (nSPS) is 21.2. The lowest BCUT2D eigenvalue weighted by atomic mass is 10.3. The largest absolute Gasteiger partial charge is 0.492 e. The number of anilines is 1. The van der Waals surface area contributed by atoms with E-state index < -0.39 is 0 Å². The van der Waals surface area contributed by atoms with Crippen molar-refractivity contribution in [3.05, 3.63) is 18.5 Å². The van der Waals surface area contributed by atoms with Crippen LogP contribution in [0.4, 0.5) is 5.69 Å². The Balaban J connectivity index is 1.63. The highest BCUT2D eigenvalue weighted by Crippen LogP contribution is 2.30. The van der Waals surface area contributed by atoms with Crippen molar-refractivity contribution in [3.63, 3.8) is 0 Å². The Bertz CT molecular complexity index is 420. The maximum atomic E-state index is 5.81. The number of aromatic nitrogens is 1. The second-order valence-corrected chi connectivity index (χ2v) is 5.78. The minimum absolute atomic E-state index is 0.787. The Hall–Kier alpha value is -1.29. The first-order chi connectivity index (χ1) is 9.31. The van der Waals surface area contributed by atoms with Gasteiger partial charge in [0.1, 0.15) is 5.75 Å². The number of likely N-dealkylation sites (N-methyl/N-ethyl adjacent to an activating group) is 1. The second kappa shape index (κ2) is 5.78. The minimum atomic E-state index is 0.787. The van der Waals surface area contributed by atoms with Crippen molar-refractivity contribution in [1.29, 1.82) is 0 Å². The van der Waals surface area contributed by atoms with Crippen molar-refractivity contribution in [2.45, 2.75) is 19.3 Å². The number of nitrogens with zero attached hydrogens (tertiary/aromatic N) is 3. The van der Waals surface area contributed by atoms with Crippen LogP contribution in [0.2, 0.25) is 0 Å². The quantitative estimate of drug-likeness (QED) is 0.829. The van der Waals surface area contributed by atoms with Crippen molar-refractivity contribution in [2.75, 3.05) is 44.7 Å². The molecule has 1 saturated carbocycles. The molecule has 2 heterocycles. The summed E-state index contributed by atoms with van der Waals surface area (Å²) in [7, 11) is 2.19. The zero-order valence-electron chi connectivity index (χ0n) is 11.7. The molecule has 19 heavy (non-hydrogen) atoms. The van der Waals surface area contributed by atoms with Gasteiger partial charge >= 0.3 is 0 Å². The van der Waals surface area contributed by atoms with Crippen molar-refractivity contribution in [3.8, 4) is 5.75 Å². The van der Waals surface area contributed by atoms with E-state index in [0.29, 0.717) is 0 Å². The molecule has 1 aliphatic heterocycles. The van der Waals surface area contributed by atoms with Gasteiger partial charge in [0.25, 0.3) is 0 Å². The van der Waals surface area contributed by atoms with Gasteiger partial charge in [0, 0.05) is 25.7 Å². The Morgan fingerprint density at radius 3 is 2.95 bits per heavy atom. The molecule has 104 valence electrons. The molecule has 0 unspecified atom stereocenters. The number of ether oxygens (including phenoxy) is 1. The van der Waals surface area contributed by atoms with Crippen LogP contribution in [0.1, 0.15) is 19.3 Å². The smallest absolute Gasteiger partial charge is 0.139 e. The van der Waals surface area contributed by atoms with Gasteiger partial charge in [-0.1, -0.05) is 0 Å². The first-order valence-electron chi connectivity index (χ1n) is 7.32. The van der Waals surface area contributed by atoms with Gasteiger partial charge in [-0.25, -0.2) is 0 Å². The second-order valence-electron chi connectivity index (χ2n) is 5.78. The lowest BCUT2D eigenvalue weighted by molar-refractivity contribution is 0.298. The van der Waals surface area contributed by atoms with Crippen LogP contribution < -0.4 is 9.64 Å². The van der Waals surface area contributed by atoms with E-state index in [9.17, 15) is 0 Å². The van der Waals surface area contributed by atoms with E-state index in [1.807, 2.05) is 12.4 Å². The van der Waals surface area contributed by atoms with E-state index in [2.05, 4.69) is 27.9 Å². The van der Waals surface area contributed by atoms with Crippen LogP contribution >= 0.6 is 0 Å². The molecular weight excluding hydrogens is 238 g/mol. The van der Waals surface area contributed by atoms with E-state index in [-0.39, 0.29) is 0 Å². The molecule has 1 saturated heterocycles. The maximum Gasteiger partial charge on any atom is 0.139 e. The highest BCUT2D eigenvalue weighted by atomic mass is 16.5. The third-order valence-corrected chi connectivity index (χ3v) is 3.97. The van der Waals surface area contributed by atoms with E-state index in [1.54, 1.807) is 0 Å². The third-order valence-electron chi connectivity index (χ3n) is 3.97. The van der Waals surface area contributed by atoms with E-state index in [4.69, 9.17) is 4.74 Å². The molecule has 1 aromatic heterocycles. The average Bonchev–Trinajstić information content (AvgIpc) is 3.24. The Morgan fingerprint density at radius 1 is 1.21 bits per heavy atom. The van der Waals surface area contributed by atoms with Gasteiger partial charge in [0.2, 0.25) is 0 Å². The van der Waals surface area contributed by atoms with Crippen molar-refractivity contribution < 1.29 is 4.74 Å². The first-order valence-corrected chi connectivity index (χ1v) is 7.32. The third kappa shape index (κ3) is 3.60. The zero-order chi connectivity index (χ0) is 13.1. The fourth-order valence-electron chi connectivity index (χ4n) is 2.46. The lowest BCUT2D eigenvalue weighted by Gasteiger charge is -2.22. The number of hydrogen-bond donors (Lipinski definition) is 0. The molecule has 1 aromatic rings. The van der Waals surface area contributed by atoms with Gasteiger partial charge in [-0.15, -0.1) is 0 Å². The summed E-state index contributed by atoms with van der Waals surface area (Å²) < 4.78 is 5.81. The number of hydrogen-bond acceptors (Lipinski definition) is 4. The monoisotopic (exact) mass is 261 g/mol. The maximum absolute atomic E-state index is 5.81. The molecule has 0 N–H and O–H groups in total. The van der Waals surface area contributed by atoms with Crippen LogP contribution in [0.3, 0.4) is 0 Å². The molecule has 4 nitrogen and oxygen atoms in total. The molecule has 0 atom stereocenters. The topological polar surface area (TPSA) is 28.6 Å². The van der Waals surface area contributed by atoms with Gasteiger partial charge < -0.3 is 14.5 Å². The summed E-state index contributed by atoms with van der Waals surface area (Å²) in [5, 5.41) is 0. The molecule has 3 rings (SSSR count). The van der Waals surface area contributed by atoms with Crippen LogP contribution in [0.5, 0.6) is 5.75 Å². The molecular formula is C15H23N3O. The Morgan fingerprint density at radius 2 is 2.11 bits per heavy atom. The predicted molar refractivity (Wildman–Crippen MR) is 76.8 cm³/mol. The zero-order valence-corrected chi connectivity index (χ0v) is 11.7. The van der Waals surface area contributed by atoms with Crippen LogP contribution in [0.15, 0.2) is 18.5 Å². The van der Waals surface area contributed by atoms with E-state index >= 15 is 0 Å². The van der Waals surface area contributed by atoms with Crippen LogP contribution in [0, 0.1) is 5.92 Å². The fraction of sp³-hybridized carbons (Fsp3) is 0.667. The Labute approximate surface area is 115 Å². The average molecular weight is 261 g/mol. The summed E-state index contributed by atoms with van der Waals surface area (Å²) in [6.45, 7) is 5.34. The number of rotatable bonds is 4. The van der Waals surface area contributed by atoms with Crippen molar-refractivity contribution in [2.24, 2.45) is 5.92 Å². The Kier molecular flexibility index (Phi) is 3.87. The standard InChI is InChI=1S/C15H23N3O/c1-17-5-2-6-18(8-7-17)14-9-15(11-16-10-14)19-12-13-3-4-13/h9-11,13H,2-8,12H2,1H3. The summed E-state index contributed by atoms with van der Waals surface area (Å²) >= 11 is 0. The molecule has 0 amide bonds. The summed E-state index contributed by atoms with van der Waals surface area (Å²) in [6, 6.07) is 2.14. The summed E-state index contributed by atoms with van der Waals surface area (Å²) in [5.74, 6) is 1.71. The summed E-state index contributed by atoms with van der Waals surface area (Å²) in [6.07, 6.45) is 7.64. The fourth-order valence-corrected chi connectivity index (χ4v) is 2.46. The predicted octanol–water partition coefficient (Wildman–Crippen LogP) is 2.01. The molecule has 0 radical (unpaired) electrons. The lowest BCUT2D eigenvalue weighted by Crippen LogP contribution is -2.28. The van der Waals surface area contributed by atoms with Gasteiger partial charge in [0.15, 0.2) is 0 Å². The van der Waals surface area contributed by atoms with Crippen LogP contribution in [-0.4, -0.2) is 49.7 Å². The number of pyridine rings is 1. The molecule has 0 aromatic carbocycles. The minimum Gasteiger partial charge on any atom is -0.492 e. The van der Waals surface area contributed by atoms with E-state index in [1.165, 1.54) is 31.5 Å². The highest BCUT2D eigenvalue weighted by Gasteiger charge is 2.22. The first kappa shape index (κ1) is 12.7. The molecule has 4 heteroatoms. The summed E-state index contributed by atoms with van der Waals surface area (Å²) in [5.41, 5.74) is 1.20. The molecule has 0 spiro atoms. The van der Waals surface area contributed by atoms with Gasteiger partial charge in [0.05, 0.1) is 24.7 Å². The molecule has 0 bridgehead atoms. The van der Waals surface area contributed by atoms with Gasteiger partial charge in [-0.2, -0.15) is 0 Å².